The summed E-state index contributed by atoms with van der Waals surface area (Å²) in [5.41, 5.74) is 9.67. The molecule has 132 valence electrons. The molecule has 0 spiro atoms. The molecule has 3 aromatic heterocycles. The number of alkyl halides is 1. The van der Waals surface area contributed by atoms with Gasteiger partial charge >= 0.3 is 0 Å². The number of nitrogen functional groups attached to an aromatic ring is 1. The Hall–Kier alpha value is -3.09. The molecule has 1 saturated carbocycles. The lowest BCUT2D eigenvalue weighted by Gasteiger charge is -2.11. The zero-order valence-corrected chi connectivity index (χ0v) is 14.5. The first-order valence-electron chi connectivity index (χ1n) is 8.38. The second-order valence-corrected chi connectivity index (χ2v) is 6.62. The third-order valence-electron chi connectivity index (χ3n) is 4.65. The van der Waals surface area contributed by atoms with Crippen molar-refractivity contribution in [1.82, 2.24) is 15.0 Å². The number of hydrogen-bond acceptors (Lipinski definition) is 5. The van der Waals surface area contributed by atoms with Crippen LogP contribution in [0.4, 0.5) is 16.0 Å². The van der Waals surface area contributed by atoms with Crippen LogP contribution in [0.2, 0.25) is 0 Å². The van der Waals surface area contributed by atoms with Gasteiger partial charge in [0, 0.05) is 29.0 Å². The van der Waals surface area contributed by atoms with Crippen LogP contribution in [0.5, 0.6) is 0 Å². The third-order valence-corrected chi connectivity index (χ3v) is 4.65. The van der Waals surface area contributed by atoms with E-state index in [-0.39, 0.29) is 12.3 Å². The van der Waals surface area contributed by atoms with Gasteiger partial charge in [-0.15, -0.1) is 0 Å². The van der Waals surface area contributed by atoms with Crippen LogP contribution in [-0.4, -0.2) is 27.0 Å². The predicted octanol–water partition coefficient (Wildman–Crippen LogP) is 3.19. The van der Waals surface area contributed by atoms with Crippen LogP contribution in [0.25, 0.3) is 22.0 Å². The van der Waals surface area contributed by atoms with E-state index in [1.807, 2.05) is 26.0 Å². The number of carbonyl (C=O) groups excluding carboxylic acids is 1. The SMILES string of the molecule is Cc1ccnc(C)c1-c1cc2cc(NC(=O)C3CC3F)ncc2c(N)n1. The molecule has 2 unspecified atom stereocenters. The van der Waals surface area contributed by atoms with E-state index in [1.165, 1.54) is 0 Å². The molecular weight excluding hydrogens is 333 g/mol. The van der Waals surface area contributed by atoms with Crippen molar-refractivity contribution < 1.29 is 9.18 Å². The molecule has 1 amide bonds. The summed E-state index contributed by atoms with van der Waals surface area (Å²) in [7, 11) is 0. The quantitative estimate of drug-likeness (QED) is 0.756. The van der Waals surface area contributed by atoms with E-state index in [1.54, 1.807) is 18.5 Å². The van der Waals surface area contributed by atoms with Crippen LogP contribution >= 0.6 is 0 Å². The number of hydrogen-bond donors (Lipinski definition) is 2. The fraction of sp³-hybridized carbons (Fsp3) is 0.263. The van der Waals surface area contributed by atoms with Gasteiger partial charge < -0.3 is 11.1 Å². The van der Waals surface area contributed by atoms with E-state index >= 15 is 0 Å². The highest BCUT2D eigenvalue weighted by atomic mass is 19.1. The van der Waals surface area contributed by atoms with Gasteiger partial charge in [-0.3, -0.25) is 9.78 Å². The first-order valence-corrected chi connectivity index (χ1v) is 8.38. The van der Waals surface area contributed by atoms with Gasteiger partial charge in [0.1, 0.15) is 17.8 Å². The van der Waals surface area contributed by atoms with Gasteiger partial charge in [-0.25, -0.2) is 14.4 Å². The topological polar surface area (TPSA) is 93.8 Å². The van der Waals surface area contributed by atoms with Gasteiger partial charge in [-0.1, -0.05) is 0 Å². The standard InChI is InChI=1S/C19H18FN5O/c1-9-3-4-22-10(2)17(9)15-5-11-6-16(23-8-13(11)18(21)24-15)25-19(26)12-7-14(12)20/h3-6,8,12,14H,7H2,1-2H3,(H2,21,24)(H,23,25,26). The lowest BCUT2D eigenvalue weighted by molar-refractivity contribution is -0.117. The van der Waals surface area contributed by atoms with Crippen LogP contribution in [0.1, 0.15) is 17.7 Å². The van der Waals surface area contributed by atoms with Gasteiger partial charge in [0.2, 0.25) is 5.91 Å². The summed E-state index contributed by atoms with van der Waals surface area (Å²) in [5.74, 6) is -0.175. The van der Waals surface area contributed by atoms with Crippen molar-refractivity contribution in [2.75, 3.05) is 11.1 Å². The maximum Gasteiger partial charge on any atom is 0.231 e. The summed E-state index contributed by atoms with van der Waals surface area (Å²) in [5, 5.41) is 4.16. The molecule has 6 nitrogen and oxygen atoms in total. The molecule has 0 aliphatic heterocycles. The Bertz CT molecular complexity index is 1020. The molecule has 1 fully saturated rings. The zero-order valence-electron chi connectivity index (χ0n) is 14.5. The van der Waals surface area contributed by atoms with Crippen molar-refractivity contribution in [2.24, 2.45) is 5.92 Å². The summed E-state index contributed by atoms with van der Waals surface area (Å²) in [6, 6.07) is 5.55. The molecule has 3 aromatic rings. The number of nitrogens with zero attached hydrogens (tertiary/aromatic N) is 3. The minimum atomic E-state index is -1.04. The van der Waals surface area contributed by atoms with Gasteiger partial charge in [0.05, 0.1) is 11.6 Å². The number of rotatable bonds is 3. The summed E-state index contributed by atoms with van der Waals surface area (Å²) in [4.78, 5) is 24.9. The first-order chi connectivity index (χ1) is 12.4. The smallest absolute Gasteiger partial charge is 0.231 e. The zero-order chi connectivity index (χ0) is 18.4. The predicted molar refractivity (Wildman–Crippen MR) is 98.3 cm³/mol. The molecule has 0 saturated heterocycles. The van der Waals surface area contributed by atoms with Crippen molar-refractivity contribution in [3.63, 3.8) is 0 Å². The number of pyridine rings is 3. The summed E-state index contributed by atoms with van der Waals surface area (Å²) >= 11 is 0. The summed E-state index contributed by atoms with van der Waals surface area (Å²) in [6.07, 6.45) is 2.56. The molecule has 3 N–H and O–H groups in total. The highest BCUT2D eigenvalue weighted by molar-refractivity contribution is 5.98. The molecule has 7 heteroatoms. The van der Waals surface area contributed by atoms with E-state index in [4.69, 9.17) is 5.73 Å². The van der Waals surface area contributed by atoms with Crippen molar-refractivity contribution in [2.45, 2.75) is 26.4 Å². The molecule has 3 heterocycles. The molecule has 0 bridgehead atoms. The van der Waals surface area contributed by atoms with Crippen LogP contribution in [0.15, 0.2) is 30.6 Å². The van der Waals surface area contributed by atoms with Gasteiger partial charge in [-0.2, -0.15) is 0 Å². The molecular formula is C19H18FN5O. The number of aryl methyl sites for hydroxylation is 2. The van der Waals surface area contributed by atoms with E-state index < -0.39 is 12.1 Å². The second-order valence-electron chi connectivity index (χ2n) is 6.62. The number of nitrogens with one attached hydrogen (secondary N) is 1. The van der Waals surface area contributed by atoms with Gasteiger partial charge in [0.25, 0.3) is 0 Å². The number of carbonyl (C=O) groups is 1. The fourth-order valence-electron chi connectivity index (χ4n) is 3.11. The number of halogens is 1. The first kappa shape index (κ1) is 16.4. The van der Waals surface area contributed by atoms with E-state index in [0.717, 1.165) is 22.2 Å². The number of amides is 1. The average Bonchev–Trinajstić information content (AvgIpc) is 3.31. The highest BCUT2D eigenvalue weighted by Gasteiger charge is 2.43. The summed E-state index contributed by atoms with van der Waals surface area (Å²) < 4.78 is 13.0. The van der Waals surface area contributed by atoms with Crippen molar-refractivity contribution in [3.05, 3.63) is 41.9 Å². The van der Waals surface area contributed by atoms with E-state index in [0.29, 0.717) is 22.7 Å². The van der Waals surface area contributed by atoms with Crippen molar-refractivity contribution >= 4 is 28.3 Å². The Morgan fingerprint density at radius 3 is 2.77 bits per heavy atom. The normalized spacial score (nSPS) is 18.7. The van der Waals surface area contributed by atoms with Gasteiger partial charge in [-0.05, 0) is 49.4 Å². The Balaban J connectivity index is 1.76. The minimum Gasteiger partial charge on any atom is -0.383 e. The highest BCUT2D eigenvalue weighted by Crippen LogP contribution is 2.35. The lowest BCUT2D eigenvalue weighted by atomic mass is 10.0. The Labute approximate surface area is 149 Å². The number of fused-ring (bicyclic) bond motifs is 1. The molecule has 0 radical (unpaired) electrons. The number of anilines is 2. The fourth-order valence-corrected chi connectivity index (χ4v) is 3.11. The maximum absolute atomic E-state index is 13.0. The van der Waals surface area contributed by atoms with Gasteiger partial charge in [0.15, 0.2) is 0 Å². The molecule has 1 aliphatic rings. The van der Waals surface area contributed by atoms with Crippen LogP contribution in [0.3, 0.4) is 0 Å². The molecule has 0 aromatic carbocycles. The maximum atomic E-state index is 13.0. The molecule has 1 aliphatic carbocycles. The van der Waals surface area contributed by atoms with Crippen LogP contribution in [-0.2, 0) is 4.79 Å². The lowest BCUT2D eigenvalue weighted by Crippen LogP contribution is -2.15. The third kappa shape index (κ3) is 2.85. The Morgan fingerprint density at radius 2 is 2.08 bits per heavy atom. The largest absolute Gasteiger partial charge is 0.383 e. The number of nitrogens with two attached hydrogens (primary N) is 1. The van der Waals surface area contributed by atoms with Crippen LogP contribution < -0.4 is 11.1 Å². The molecule has 4 rings (SSSR count). The molecule has 26 heavy (non-hydrogen) atoms. The monoisotopic (exact) mass is 351 g/mol. The molecule has 2 atom stereocenters. The Morgan fingerprint density at radius 1 is 1.31 bits per heavy atom. The van der Waals surface area contributed by atoms with Crippen molar-refractivity contribution in [1.29, 1.82) is 0 Å². The van der Waals surface area contributed by atoms with Crippen molar-refractivity contribution in [3.8, 4) is 11.3 Å². The van der Waals surface area contributed by atoms with E-state index in [9.17, 15) is 9.18 Å². The number of aromatic nitrogens is 3. The Kier molecular flexibility index (Phi) is 3.79. The minimum absolute atomic E-state index is 0.278. The summed E-state index contributed by atoms with van der Waals surface area (Å²) in [6.45, 7) is 3.92. The second kappa shape index (κ2) is 6.01. The van der Waals surface area contributed by atoms with E-state index in [2.05, 4.69) is 20.3 Å². The van der Waals surface area contributed by atoms with Crippen LogP contribution in [0, 0.1) is 19.8 Å². The average molecular weight is 351 g/mol.